The SMILES string of the molecule is COc1cccc(OC)c1C(/C=C(\N)C(=O)NC1(C(=O)O)C2CC3CC(C2)CC1C3)=N/C(C)=C/C=C(\C=C\C(C)C)NCCOCCOCCNC(=O)CN1CCN(CC(=O)O)CCN(CC(=O)O)CCN(CC(=O)O)CC1. The number of rotatable bonds is 29. The predicted molar refractivity (Wildman–Crippen MR) is 291 cm³/mol. The van der Waals surface area contributed by atoms with Gasteiger partial charge in [0.25, 0.3) is 5.91 Å². The van der Waals surface area contributed by atoms with Crippen molar-refractivity contribution in [3.63, 3.8) is 0 Å². The topological polar surface area (TPSA) is 308 Å². The molecule has 0 unspecified atom stereocenters. The average molecular weight is 1090 g/mol. The van der Waals surface area contributed by atoms with E-state index in [-0.39, 0.29) is 107 Å². The zero-order valence-corrected chi connectivity index (χ0v) is 46.0. The van der Waals surface area contributed by atoms with Crippen LogP contribution in [0.3, 0.4) is 0 Å². The number of aliphatic imine (C=N–C) groups is 1. The van der Waals surface area contributed by atoms with Crippen molar-refractivity contribution in [2.75, 3.05) is 132 Å². The van der Waals surface area contributed by atoms with Gasteiger partial charge in [-0.3, -0.25) is 48.6 Å². The number of hydrogen-bond donors (Lipinski definition) is 8. The first-order valence-corrected chi connectivity index (χ1v) is 26.9. The Morgan fingerprint density at radius 3 is 1.59 bits per heavy atom. The minimum atomic E-state index is -1.39. The molecule has 0 spiro atoms. The van der Waals surface area contributed by atoms with Crippen LogP contribution >= 0.6 is 0 Å². The minimum Gasteiger partial charge on any atom is -0.496 e. The fraction of sp³-hybridized carbons (Fsp3) is 0.618. The van der Waals surface area contributed by atoms with Crippen LogP contribution in [0.25, 0.3) is 0 Å². The maximum Gasteiger partial charge on any atom is 0.330 e. The maximum atomic E-state index is 14.0. The quantitative estimate of drug-likeness (QED) is 0.0246. The van der Waals surface area contributed by atoms with Crippen LogP contribution in [0.4, 0.5) is 0 Å². The summed E-state index contributed by atoms with van der Waals surface area (Å²) in [7, 11) is 3.03. The molecule has 1 heterocycles. The van der Waals surface area contributed by atoms with Crippen molar-refractivity contribution in [3.8, 4) is 11.5 Å². The molecule has 1 aromatic rings. The lowest BCUT2D eigenvalue weighted by Gasteiger charge is -2.59. The Bertz CT molecular complexity index is 2290. The van der Waals surface area contributed by atoms with E-state index in [4.69, 9.17) is 29.7 Å². The van der Waals surface area contributed by atoms with Gasteiger partial charge in [-0.2, -0.15) is 0 Å². The Kier molecular flexibility index (Phi) is 25.1. The molecule has 432 valence electrons. The zero-order valence-electron chi connectivity index (χ0n) is 46.0. The smallest absolute Gasteiger partial charge is 0.330 e. The lowest BCUT2D eigenvalue weighted by molar-refractivity contribution is -0.167. The van der Waals surface area contributed by atoms with Crippen LogP contribution < -0.4 is 31.2 Å². The van der Waals surface area contributed by atoms with Crippen LogP contribution in [0, 0.1) is 29.6 Å². The second-order valence-electron chi connectivity index (χ2n) is 20.9. The van der Waals surface area contributed by atoms with Crippen LogP contribution in [-0.4, -0.2) is 219 Å². The number of methoxy groups -OCH3 is 2. The summed E-state index contributed by atoms with van der Waals surface area (Å²) in [4.78, 5) is 86.6. The van der Waals surface area contributed by atoms with E-state index < -0.39 is 35.3 Å². The third-order valence-corrected chi connectivity index (χ3v) is 14.7. The van der Waals surface area contributed by atoms with Crippen molar-refractivity contribution in [2.24, 2.45) is 40.3 Å². The molecule has 2 amide bonds. The summed E-state index contributed by atoms with van der Waals surface area (Å²) in [5.41, 5.74) is 7.02. The van der Waals surface area contributed by atoms with E-state index >= 15 is 0 Å². The zero-order chi connectivity index (χ0) is 56.8. The van der Waals surface area contributed by atoms with Gasteiger partial charge in [-0.15, -0.1) is 0 Å². The Labute approximate surface area is 457 Å². The number of nitrogens with zero attached hydrogens (tertiary/aromatic N) is 5. The lowest BCUT2D eigenvalue weighted by Crippen LogP contribution is -2.70. The van der Waals surface area contributed by atoms with Gasteiger partial charge >= 0.3 is 23.9 Å². The number of carbonyl (C=O) groups is 6. The Balaban J connectivity index is 1.13. The highest BCUT2D eigenvalue weighted by atomic mass is 16.5. The van der Waals surface area contributed by atoms with Crippen LogP contribution in [-0.2, 0) is 38.2 Å². The Morgan fingerprint density at radius 1 is 0.692 bits per heavy atom. The molecule has 1 aromatic carbocycles. The second kappa shape index (κ2) is 31.3. The molecular weight excluding hydrogens is 1010 g/mol. The normalized spacial score (nSPS) is 23.4. The van der Waals surface area contributed by atoms with Crippen molar-refractivity contribution in [2.45, 2.75) is 58.4 Å². The summed E-state index contributed by atoms with van der Waals surface area (Å²) in [5, 5.41) is 48.2. The largest absolute Gasteiger partial charge is 0.496 e. The second-order valence-corrected chi connectivity index (χ2v) is 20.9. The van der Waals surface area contributed by atoms with Crippen LogP contribution in [0.2, 0.25) is 0 Å². The highest BCUT2D eigenvalue weighted by Gasteiger charge is 2.62. The molecule has 0 radical (unpaired) electrons. The molecule has 78 heavy (non-hydrogen) atoms. The molecule has 6 rings (SSSR count). The van der Waals surface area contributed by atoms with Gasteiger partial charge in [0.15, 0.2) is 0 Å². The molecule has 5 aliphatic rings. The molecule has 23 heteroatoms. The molecule has 4 bridgehead atoms. The van der Waals surface area contributed by atoms with Crippen molar-refractivity contribution >= 4 is 41.4 Å². The van der Waals surface area contributed by atoms with Crippen molar-refractivity contribution in [1.29, 1.82) is 0 Å². The van der Waals surface area contributed by atoms with Gasteiger partial charge in [-0.05, 0) is 105 Å². The highest BCUT2D eigenvalue weighted by Crippen LogP contribution is 2.58. The molecule has 0 aromatic heterocycles. The van der Waals surface area contributed by atoms with Crippen molar-refractivity contribution < 1.29 is 68.1 Å². The van der Waals surface area contributed by atoms with E-state index in [2.05, 4.69) is 29.8 Å². The predicted octanol–water partition coefficient (Wildman–Crippen LogP) is 1.95. The van der Waals surface area contributed by atoms with Gasteiger partial charge < -0.3 is 61.1 Å². The van der Waals surface area contributed by atoms with E-state index in [1.54, 1.807) is 39.8 Å². The van der Waals surface area contributed by atoms with E-state index in [9.17, 15) is 49.2 Å². The third-order valence-electron chi connectivity index (χ3n) is 14.7. The number of amides is 2. The number of carbonyl (C=O) groups excluding carboxylic acids is 2. The Hall–Kier alpha value is -6.37. The van der Waals surface area contributed by atoms with Crippen molar-refractivity contribution in [3.05, 3.63) is 71.2 Å². The number of aliphatic carboxylic acids is 4. The van der Waals surface area contributed by atoms with E-state index in [0.29, 0.717) is 80.5 Å². The number of allylic oxidation sites excluding steroid dienone is 6. The number of carboxylic acids is 4. The third kappa shape index (κ3) is 19.5. The van der Waals surface area contributed by atoms with Crippen LogP contribution in [0.5, 0.6) is 11.5 Å². The van der Waals surface area contributed by atoms with E-state index in [1.165, 1.54) is 20.3 Å². The highest BCUT2D eigenvalue weighted by molar-refractivity contribution is 6.16. The first-order valence-electron chi connectivity index (χ1n) is 26.9. The Morgan fingerprint density at radius 2 is 1.15 bits per heavy atom. The lowest BCUT2D eigenvalue weighted by atomic mass is 9.48. The molecule has 0 atom stereocenters. The average Bonchev–Trinajstić information content (AvgIpc) is 3.57. The monoisotopic (exact) mass is 1090 g/mol. The molecule has 4 saturated carbocycles. The standard InChI is InChI=1S/C55H83N9O14/c1-37(2)9-11-43(57-13-23-77-25-26-78-24-14-58-48(65)33-61-15-17-62(34-49(66)67)19-21-64(36-51(70)71)22-20-63(18-16-61)35-50(68)69)12-10-38(3)59-45(52-46(75-4)7-6-8-47(52)76-5)32-44(56)53(72)60-55(54(73)74)41-28-39-27-40(30-41)31-42(55)29-39/h6-12,32,37,39-42,57H,13-31,33-36,56H2,1-5H3,(H,58,65)(H,60,72)(H,66,67)(H,68,69)(H,70,71)(H,73,74)/b11-9+,38-10+,43-12+,44-32-,59-45+. The minimum absolute atomic E-state index is 0.000690. The summed E-state index contributed by atoms with van der Waals surface area (Å²) in [6, 6.07) is 5.26. The van der Waals surface area contributed by atoms with Gasteiger partial charge in [0, 0.05) is 76.8 Å². The summed E-state index contributed by atoms with van der Waals surface area (Å²) in [6.07, 6.45) is 13.4. The fourth-order valence-electron chi connectivity index (χ4n) is 11.1. The fourth-order valence-corrected chi connectivity index (χ4v) is 11.1. The molecule has 23 nitrogen and oxygen atoms in total. The molecule has 1 aliphatic heterocycles. The number of nitrogens with one attached hydrogen (secondary N) is 3. The first kappa shape index (κ1) is 62.5. The first-order chi connectivity index (χ1) is 37.3. The summed E-state index contributed by atoms with van der Waals surface area (Å²) < 4.78 is 23.0. The summed E-state index contributed by atoms with van der Waals surface area (Å²) >= 11 is 0. The van der Waals surface area contributed by atoms with Gasteiger partial charge in [0.1, 0.15) is 17.0 Å². The van der Waals surface area contributed by atoms with Crippen molar-refractivity contribution in [1.82, 2.24) is 35.6 Å². The number of carboxylic acid groups (broad SMARTS) is 4. The molecular formula is C55H83N9O14. The van der Waals surface area contributed by atoms with Gasteiger partial charge in [-0.1, -0.05) is 26.0 Å². The number of ether oxygens (including phenoxy) is 4. The van der Waals surface area contributed by atoms with Gasteiger partial charge in [0.05, 0.1) is 83.8 Å². The number of hydrogen-bond acceptors (Lipinski definition) is 17. The summed E-state index contributed by atoms with van der Waals surface area (Å²) in [5.74, 6) is -3.27. The molecule has 1 saturated heterocycles. The van der Waals surface area contributed by atoms with Gasteiger partial charge in [-0.25, -0.2) is 4.79 Å². The van der Waals surface area contributed by atoms with E-state index in [0.717, 1.165) is 37.8 Å². The number of benzene rings is 1. The van der Waals surface area contributed by atoms with Crippen LogP contribution in [0.15, 0.2) is 70.7 Å². The number of nitrogens with two attached hydrogens (primary N) is 1. The maximum absolute atomic E-state index is 14.0. The molecule has 4 aliphatic carbocycles. The van der Waals surface area contributed by atoms with E-state index in [1.807, 2.05) is 29.2 Å². The van der Waals surface area contributed by atoms with Crippen LogP contribution in [0.1, 0.15) is 58.4 Å². The molecule has 5 fully saturated rings. The van der Waals surface area contributed by atoms with Gasteiger partial charge in [0.2, 0.25) is 5.91 Å². The molecule has 9 N–H and O–H groups in total. The summed E-state index contributed by atoms with van der Waals surface area (Å²) in [6.45, 7) is 9.42.